The maximum Gasteiger partial charge on any atom is 0.490 e. The fourth-order valence-electron chi connectivity index (χ4n) is 7.56. The van der Waals surface area contributed by atoms with E-state index in [0.717, 1.165) is 28.7 Å². The highest BCUT2D eigenvalue weighted by Gasteiger charge is 2.40. The van der Waals surface area contributed by atoms with Crippen LogP contribution >= 0.6 is 0 Å². The first kappa shape index (κ1) is 48.1. The molecule has 1 aliphatic carbocycles. The lowest BCUT2D eigenvalue weighted by molar-refractivity contribution is -0.192. The van der Waals surface area contributed by atoms with E-state index >= 15 is 4.39 Å². The number of imidazole rings is 1. The molecule has 2 aliphatic rings. The molecule has 1 fully saturated rings. The van der Waals surface area contributed by atoms with Crippen molar-refractivity contribution >= 4 is 35.3 Å². The van der Waals surface area contributed by atoms with Crippen LogP contribution in [0, 0.1) is 28.9 Å². The average Bonchev–Trinajstić information content (AvgIpc) is 3.92. The van der Waals surface area contributed by atoms with Crippen molar-refractivity contribution in [2.45, 2.75) is 90.5 Å². The second-order valence-electron chi connectivity index (χ2n) is 16.2. The zero-order chi connectivity index (χ0) is 45.2. The molecule has 1 saturated carbocycles. The topological polar surface area (TPSA) is 193 Å². The Morgan fingerprint density at radius 3 is 2.21 bits per heavy atom. The van der Waals surface area contributed by atoms with E-state index in [-0.39, 0.29) is 78.8 Å². The Morgan fingerprint density at radius 2 is 1.62 bits per heavy atom. The number of amides is 3. The molecule has 1 aliphatic heterocycles. The molecule has 0 bridgehead atoms. The van der Waals surface area contributed by atoms with Gasteiger partial charge in [-0.1, -0.05) is 51.1 Å². The van der Waals surface area contributed by atoms with Crippen LogP contribution in [0.4, 0.5) is 22.0 Å². The van der Waals surface area contributed by atoms with Gasteiger partial charge in [0.05, 0.1) is 17.8 Å². The Labute approximate surface area is 349 Å². The predicted molar refractivity (Wildman–Crippen MR) is 211 cm³/mol. The van der Waals surface area contributed by atoms with Crippen LogP contribution in [0.25, 0.3) is 11.3 Å². The van der Waals surface area contributed by atoms with Gasteiger partial charge in [-0.15, -0.1) is 0 Å². The SMILES string of the molecule is CC(C)(C)[C@H](c1nc(-c2cc(F)ccc2F)cn1Cc1ccccc1)N(CC[C@H](N)C(=O)C[C@H]1CC[C@@H](C(=O)CCCN2C(=O)C=CC2=O)C1)C(=O)CO.O=C(O)C(F)(F)F. The zero-order valence-corrected chi connectivity index (χ0v) is 34.0. The van der Waals surface area contributed by atoms with Crippen LogP contribution in [0.15, 0.2) is 66.9 Å². The number of hydrogen-bond donors (Lipinski definition) is 3. The number of aliphatic hydroxyl groups excluding tert-OH is 1. The molecule has 0 radical (unpaired) electrons. The van der Waals surface area contributed by atoms with Crippen molar-refractivity contribution in [1.82, 2.24) is 19.4 Å². The number of hydrogen-bond acceptors (Lipinski definition) is 9. The van der Waals surface area contributed by atoms with Crippen LogP contribution in [0.3, 0.4) is 0 Å². The molecular weight excluding hydrogens is 809 g/mol. The number of carbonyl (C=O) groups is 6. The lowest BCUT2D eigenvalue weighted by atomic mass is 9.84. The zero-order valence-electron chi connectivity index (χ0n) is 34.0. The van der Waals surface area contributed by atoms with E-state index in [4.69, 9.17) is 20.6 Å². The summed E-state index contributed by atoms with van der Waals surface area (Å²) < 4.78 is 62.8. The van der Waals surface area contributed by atoms with Gasteiger partial charge in [0.25, 0.3) is 11.8 Å². The third-order valence-corrected chi connectivity index (χ3v) is 10.6. The second-order valence-corrected chi connectivity index (χ2v) is 16.2. The molecule has 2 aromatic carbocycles. The molecule has 3 aromatic rings. The number of aromatic nitrogens is 2. The van der Waals surface area contributed by atoms with Crippen molar-refractivity contribution in [2.75, 3.05) is 19.7 Å². The van der Waals surface area contributed by atoms with Gasteiger partial charge in [-0.2, -0.15) is 13.2 Å². The molecule has 61 heavy (non-hydrogen) atoms. The van der Waals surface area contributed by atoms with Crippen LogP contribution < -0.4 is 5.73 Å². The monoisotopic (exact) mass is 859 g/mol. The Morgan fingerprint density at radius 1 is 0.984 bits per heavy atom. The van der Waals surface area contributed by atoms with Crippen molar-refractivity contribution in [1.29, 1.82) is 0 Å². The number of alkyl halides is 3. The predicted octanol–water partition coefficient (Wildman–Crippen LogP) is 5.79. The Hall–Kier alpha value is -5.62. The lowest BCUT2D eigenvalue weighted by Crippen LogP contribution is -2.46. The highest BCUT2D eigenvalue weighted by atomic mass is 19.4. The number of carbonyl (C=O) groups excluding carboxylic acids is 5. The highest BCUT2D eigenvalue weighted by molar-refractivity contribution is 6.12. The Kier molecular flexibility index (Phi) is 16.4. The van der Waals surface area contributed by atoms with Crippen LogP contribution in [0.2, 0.25) is 0 Å². The quantitative estimate of drug-likeness (QED) is 0.111. The maximum absolute atomic E-state index is 15.0. The van der Waals surface area contributed by atoms with E-state index < -0.39 is 53.8 Å². The smallest absolute Gasteiger partial charge is 0.475 e. The van der Waals surface area contributed by atoms with Gasteiger partial charge in [0.2, 0.25) is 5.91 Å². The molecule has 4 atom stereocenters. The minimum absolute atomic E-state index is 0.0133. The largest absolute Gasteiger partial charge is 0.490 e. The van der Waals surface area contributed by atoms with E-state index in [9.17, 15) is 46.6 Å². The first-order valence-electron chi connectivity index (χ1n) is 19.7. The number of nitrogens with two attached hydrogens (primary N) is 1. The van der Waals surface area contributed by atoms with Crippen LogP contribution in [0.5, 0.6) is 0 Å². The van der Waals surface area contributed by atoms with Gasteiger partial charge in [0.15, 0.2) is 0 Å². The van der Waals surface area contributed by atoms with E-state index in [1.165, 1.54) is 17.1 Å². The average molecular weight is 860 g/mol. The molecule has 330 valence electrons. The molecule has 2 heterocycles. The summed E-state index contributed by atoms with van der Waals surface area (Å²) in [5.74, 6) is -5.35. The fourth-order valence-corrected chi connectivity index (χ4v) is 7.56. The summed E-state index contributed by atoms with van der Waals surface area (Å²) in [6.45, 7) is 5.43. The van der Waals surface area contributed by atoms with E-state index in [0.29, 0.717) is 38.1 Å². The molecule has 5 rings (SSSR count). The number of rotatable bonds is 17. The third-order valence-electron chi connectivity index (χ3n) is 10.6. The molecule has 4 N–H and O–H groups in total. The Bertz CT molecular complexity index is 2080. The van der Waals surface area contributed by atoms with Gasteiger partial charge in [0.1, 0.15) is 35.6 Å². The van der Waals surface area contributed by atoms with Crippen molar-refractivity contribution in [3.05, 3.63) is 89.9 Å². The van der Waals surface area contributed by atoms with Gasteiger partial charge in [0, 0.05) is 62.3 Å². The first-order chi connectivity index (χ1) is 28.6. The number of nitrogens with zero attached hydrogens (tertiary/aromatic N) is 4. The molecule has 0 unspecified atom stereocenters. The van der Waals surface area contributed by atoms with Crippen molar-refractivity contribution in [3.8, 4) is 11.3 Å². The number of Topliss-reactive ketones (excluding diaryl/α,β-unsaturated/α-hetero) is 2. The van der Waals surface area contributed by atoms with E-state index in [1.54, 1.807) is 10.8 Å². The normalized spacial score (nSPS) is 17.5. The fraction of sp³-hybridized carbons (Fsp3) is 0.465. The number of carboxylic acid groups (broad SMARTS) is 1. The van der Waals surface area contributed by atoms with Gasteiger partial charge >= 0.3 is 12.1 Å². The summed E-state index contributed by atoms with van der Waals surface area (Å²) in [6, 6.07) is 10.9. The first-order valence-corrected chi connectivity index (χ1v) is 19.7. The molecular formula is C43H50F5N5O8. The number of halogens is 5. The Balaban J connectivity index is 0.00000107. The molecule has 0 saturated heterocycles. The highest BCUT2D eigenvalue weighted by Crippen LogP contribution is 2.40. The number of carboxylic acids is 1. The summed E-state index contributed by atoms with van der Waals surface area (Å²) in [4.78, 5) is 79.6. The van der Waals surface area contributed by atoms with Crippen LogP contribution in [-0.2, 0) is 35.3 Å². The summed E-state index contributed by atoms with van der Waals surface area (Å²) in [5.41, 5.74) is 6.81. The summed E-state index contributed by atoms with van der Waals surface area (Å²) in [5, 5.41) is 17.2. The minimum Gasteiger partial charge on any atom is -0.475 e. The van der Waals surface area contributed by atoms with E-state index in [2.05, 4.69) is 0 Å². The van der Waals surface area contributed by atoms with Gasteiger partial charge in [-0.05, 0) is 67.2 Å². The molecule has 1 aromatic heterocycles. The number of imide groups is 1. The van der Waals surface area contributed by atoms with Crippen molar-refractivity contribution < 1.29 is 60.9 Å². The number of aliphatic carboxylic acids is 1. The van der Waals surface area contributed by atoms with Gasteiger partial charge in [-0.25, -0.2) is 18.6 Å². The molecule has 3 amide bonds. The van der Waals surface area contributed by atoms with Crippen molar-refractivity contribution in [2.24, 2.45) is 23.0 Å². The van der Waals surface area contributed by atoms with Crippen molar-refractivity contribution in [3.63, 3.8) is 0 Å². The molecule has 13 nitrogen and oxygen atoms in total. The third kappa shape index (κ3) is 13.2. The molecule has 0 spiro atoms. The number of aliphatic hydroxyl groups is 1. The van der Waals surface area contributed by atoms with Crippen LogP contribution in [0.1, 0.15) is 83.1 Å². The standard InChI is InChI=1S/C41H49F2N5O6.C2HF3O2/c1-41(2,3)39(40-45-33(30-22-29(42)13-14-31(30)43)24-46(40)23-26-8-5-4-6-9-26)48(38(54)25-49)19-17-32(44)35(51)21-27-11-12-28(20-27)34(50)10-7-18-47-36(52)15-16-37(47)53;3-2(4,5)1(6)7/h4-6,8-9,13-16,22,24,27-28,32,39,49H,7,10-12,17-21,23,25,44H2,1-3H3;(H,6,7)/t27-,28+,32-,39-;/m0./s1. The van der Waals surface area contributed by atoms with Gasteiger partial charge in [-0.3, -0.25) is 28.9 Å². The number of ketones is 2. The summed E-state index contributed by atoms with van der Waals surface area (Å²) >= 11 is 0. The second kappa shape index (κ2) is 20.8. The van der Waals surface area contributed by atoms with E-state index in [1.807, 2.05) is 51.1 Å². The minimum atomic E-state index is -5.08. The number of benzene rings is 2. The summed E-state index contributed by atoms with van der Waals surface area (Å²) in [6.07, 6.45) is 1.80. The van der Waals surface area contributed by atoms with Crippen LogP contribution in [-0.4, -0.2) is 96.7 Å². The summed E-state index contributed by atoms with van der Waals surface area (Å²) in [7, 11) is 0. The molecule has 18 heteroatoms. The lowest BCUT2D eigenvalue weighted by Gasteiger charge is -2.40. The van der Waals surface area contributed by atoms with Gasteiger partial charge < -0.3 is 25.4 Å². The maximum atomic E-state index is 15.0.